The predicted molar refractivity (Wildman–Crippen MR) is 65.2 cm³/mol. The number of rotatable bonds is 5. The van der Waals surface area contributed by atoms with Gasteiger partial charge in [-0.05, 0) is 50.3 Å². The molecule has 0 bridgehead atoms. The number of hydrogen-bond donors (Lipinski definition) is 1. The number of halogens is 2. The van der Waals surface area contributed by atoms with Crippen molar-refractivity contribution in [2.45, 2.75) is 45.1 Å². The van der Waals surface area contributed by atoms with Crippen molar-refractivity contribution in [3.05, 3.63) is 34.9 Å². The largest absolute Gasteiger partial charge is 0.314 e. The maximum atomic E-state index is 13.9. The zero-order valence-electron chi connectivity index (χ0n) is 10.4. The van der Waals surface area contributed by atoms with Crippen LogP contribution in [0.2, 0.25) is 0 Å². The van der Waals surface area contributed by atoms with Crippen molar-refractivity contribution in [1.82, 2.24) is 5.32 Å². The van der Waals surface area contributed by atoms with Gasteiger partial charge in [-0.25, -0.2) is 8.78 Å². The van der Waals surface area contributed by atoms with Crippen molar-refractivity contribution in [2.24, 2.45) is 0 Å². The zero-order chi connectivity index (χ0) is 12.4. The van der Waals surface area contributed by atoms with Gasteiger partial charge in [0.25, 0.3) is 0 Å². The zero-order valence-corrected chi connectivity index (χ0v) is 10.4. The lowest BCUT2D eigenvalue weighted by Crippen LogP contribution is -2.19. The summed E-state index contributed by atoms with van der Waals surface area (Å²) in [7, 11) is 0. The van der Waals surface area contributed by atoms with Gasteiger partial charge in [0, 0.05) is 11.6 Å². The Labute approximate surface area is 101 Å². The Morgan fingerprint density at radius 3 is 2.71 bits per heavy atom. The summed E-state index contributed by atoms with van der Waals surface area (Å²) in [5, 5.41) is 3.37. The van der Waals surface area contributed by atoms with E-state index in [9.17, 15) is 8.78 Å². The predicted octanol–water partition coefficient (Wildman–Crippen LogP) is 3.52. The van der Waals surface area contributed by atoms with Gasteiger partial charge < -0.3 is 5.32 Å². The van der Waals surface area contributed by atoms with Crippen LogP contribution in [0.25, 0.3) is 0 Å². The fourth-order valence-corrected chi connectivity index (χ4v) is 2.07. The van der Waals surface area contributed by atoms with E-state index in [1.54, 1.807) is 6.92 Å². The number of nitrogens with one attached hydrogen (secondary N) is 1. The summed E-state index contributed by atoms with van der Waals surface area (Å²) in [5.74, 6) is -0.892. The standard InChI is InChI=1S/C14H19F2N/c1-9(7-8-17-11-4-5-11)13-12(15)6-3-10(2)14(13)16/h3,6,9,11,17H,4-5,7-8H2,1-2H3. The molecule has 94 valence electrons. The topological polar surface area (TPSA) is 12.0 Å². The summed E-state index contributed by atoms with van der Waals surface area (Å²) in [4.78, 5) is 0. The summed E-state index contributed by atoms with van der Waals surface area (Å²) in [6, 6.07) is 3.50. The van der Waals surface area contributed by atoms with Crippen LogP contribution in [-0.2, 0) is 0 Å². The fraction of sp³-hybridized carbons (Fsp3) is 0.571. The van der Waals surface area contributed by atoms with E-state index in [2.05, 4.69) is 5.32 Å². The van der Waals surface area contributed by atoms with Gasteiger partial charge in [-0.1, -0.05) is 13.0 Å². The van der Waals surface area contributed by atoms with E-state index in [0.29, 0.717) is 11.6 Å². The van der Waals surface area contributed by atoms with Gasteiger partial charge in [-0.2, -0.15) is 0 Å². The molecule has 1 nitrogen and oxygen atoms in total. The molecule has 1 fully saturated rings. The molecule has 0 saturated heterocycles. The van der Waals surface area contributed by atoms with Crippen molar-refractivity contribution in [3.63, 3.8) is 0 Å². The van der Waals surface area contributed by atoms with Crippen LogP contribution in [0.5, 0.6) is 0 Å². The van der Waals surface area contributed by atoms with E-state index in [4.69, 9.17) is 0 Å². The first-order valence-electron chi connectivity index (χ1n) is 6.27. The van der Waals surface area contributed by atoms with Gasteiger partial charge in [-0.15, -0.1) is 0 Å². The fourth-order valence-electron chi connectivity index (χ4n) is 2.07. The molecule has 1 aliphatic rings. The second kappa shape index (κ2) is 5.13. The minimum atomic E-state index is -0.424. The third-order valence-corrected chi connectivity index (χ3v) is 3.40. The average molecular weight is 239 g/mol. The highest BCUT2D eigenvalue weighted by Crippen LogP contribution is 2.27. The Morgan fingerprint density at radius 2 is 2.06 bits per heavy atom. The van der Waals surface area contributed by atoms with E-state index < -0.39 is 5.82 Å². The molecule has 1 aliphatic carbocycles. The first-order valence-corrected chi connectivity index (χ1v) is 6.27. The summed E-state index contributed by atoms with van der Waals surface area (Å²) in [6.45, 7) is 4.39. The van der Waals surface area contributed by atoms with Crippen molar-refractivity contribution < 1.29 is 8.78 Å². The molecule has 2 rings (SSSR count). The molecule has 1 atom stereocenters. The highest BCUT2D eigenvalue weighted by atomic mass is 19.1. The normalized spacial score (nSPS) is 17.2. The van der Waals surface area contributed by atoms with E-state index in [1.165, 1.54) is 25.0 Å². The second-order valence-corrected chi connectivity index (χ2v) is 5.01. The third-order valence-electron chi connectivity index (χ3n) is 3.40. The smallest absolute Gasteiger partial charge is 0.132 e. The molecule has 17 heavy (non-hydrogen) atoms. The van der Waals surface area contributed by atoms with E-state index in [-0.39, 0.29) is 17.3 Å². The van der Waals surface area contributed by atoms with Crippen LogP contribution in [0.1, 0.15) is 43.2 Å². The van der Waals surface area contributed by atoms with Gasteiger partial charge in [0.05, 0.1) is 0 Å². The molecule has 0 aromatic heterocycles. The van der Waals surface area contributed by atoms with E-state index in [1.807, 2.05) is 6.92 Å². The van der Waals surface area contributed by atoms with Crippen molar-refractivity contribution in [2.75, 3.05) is 6.54 Å². The quantitative estimate of drug-likeness (QED) is 0.829. The van der Waals surface area contributed by atoms with Crippen molar-refractivity contribution >= 4 is 0 Å². The summed E-state index contributed by atoms with van der Waals surface area (Å²) in [5.41, 5.74) is 0.756. The molecular formula is C14H19F2N. The van der Waals surface area contributed by atoms with Crippen LogP contribution >= 0.6 is 0 Å². The molecule has 1 aromatic carbocycles. The molecule has 0 radical (unpaired) electrons. The number of aryl methyl sites for hydroxylation is 1. The average Bonchev–Trinajstić information content (AvgIpc) is 3.08. The SMILES string of the molecule is Cc1ccc(F)c(C(C)CCNC2CC2)c1F. The van der Waals surface area contributed by atoms with Crippen LogP contribution in [-0.4, -0.2) is 12.6 Å². The monoisotopic (exact) mass is 239 g/mol. The molecule has 3 heteroatoms. The first kappa shape index (κ1) is 12.5. The first-order chi connectivity index (χ1) is 8.09. The minimum absolute atomic E-state index is 0.0823. The highest BCUT2D eigenvalue weighted by Gasteiger charge is 2.21. The molecule has 0 spiro atoms. The Hall–Kier alpha value is -0.960. The van der Waals surface area contributed by atoms with Gasteiger partial charge in [-0.3, -0.25) is 0 Å². The maximum Gasteiger partial charge on any atom is 0.132 e. The van der Waals surface area contributed by atoms with Crippen LogP contribution in [0.3, 0.4) is 0 Å². The minimum Gasteiger partial charge on any atom is -0.314 e. The van der Waals surface area contributed by atoms with Gasteiger partial charge in [0.2, 0.25) is 0 Å². The molecule has 0 amide bonds. The molecule has 1 aromatic rings. The molecule has 0 aliphatic heterocycles. The molecule has 1 N–H and O–H groups in total. The van der Waals surface area contributed by atoms with Crippen LogP contribution in [0.15, 0.2) is 12.1 Å². The lowest BCUT2D eigenvalue weighted by molar-refractivity contribution is 0.505. The maximum absolute atomic E-state index is 13.9. The van der Waals surface area contributed by atoms with Crippen molar-refractivity contribution in [3.8, 4) is 0 Å². The lowest BCUT2D eigenvalue weighted by Gasteiger charge is -2.15. The van der Waals surface area contributed by atoms with Gasteiger partial charge in [0.15, 0.2) is 0 Å². The van der Waals surface area contributed by atoms with E-state index >= 15 is 0 Å². The number of benzene rings is 1. The molecular weight excluding hydrogens is 220 g/mol. The Morgan fingerprint density at radius 1 is 1.35 bits per heavy atom. The van der Waals surface area contributed by atoms with Crippen LogP contribution in [0.4, 0.5) is 8.78 Å². The summed E-state index contributed by atoms with van der Waals surface area (Å²) >= 11 is 0. The number of hydrogen-bond acceptors (Lipinski definition) is 1. The van der Waals surface area contributed by atoms with Crippen molar-refractivity contribution in [1.29, 1.82) is 0 Å². The summed E-state index contributed by atoms with van der Waals surface area (Å²) in [6.07, 6.45) is 3.25. The van der Waals surface area contributed by atoms with Crippen LogP contribution < -0.4 is 5.32 Å². The Kier molecular flexibility index (Phi) is 3.77. The highest BCUT2D eigenvalue weighted by molar-refractivity contribution is 5.29. The molecule has 0 heterocycles. The van der Waals surface area contributed by atoms with Crippen LogP contribution in [0, 0.1) is 18.6 Å². The summed E-state index contributed by atoms with van der Waals surface area (Å²) < 4.78 is 27.5. The molecule has 1 saturated carbocycles. The third kappa shape index (κ3) is 3.03. The lowest BCUT2D eigenvalue weighted by atomic mass is 9.95. The van der Waals surface area contributed by atoms with Gasteiger partial charge in [0.1, 0.15) is 11.6 Å². The Bertz CT molecular complexity index is 399. The van der Waals surface area contributed by atoms with Gasteiger partial charge >= 0.3 is 0 Å². The Balaban J connectivity index is 2.01. The van der Waals surface area contributed by atoms with E-state index in [0.717, 1.165) is 13.0 Å². The second-order valence-electron chi connectivity index (χ2n) is 5.01. The molecule has 1 unspecified atom stereocenters.